The third-order valence-corrected chi connectivity index (χ3v) is 5.56. The van der Waals surface area contributed by atoms with Crippen LogP contribution in [0.25, 0.3) is 11.1 Å². The first-order valence-corrected chi connectivity index (χ1v) is 11.2. The summed E-state index contributed by atoms with van der Waals surface area (Å²) in [5, 5.41) is 11.4. The highest BCUT2D eigenvalue weighted by atomic mass is 32.1. The van der Waals surface area contributed by atoms with Crippen LogP contribution in [0.15, 0.2) is 54.7 Å². The number of carbonyl (C=O) groups excluding carboxylic acids is 1. The molecule has 9 nitrogen and oxygen atoms in total. The number of methoxy groups -OCH3 is 2. The zero-order chi connectivity index (χ0) is 23.9. The lowest BCUT2D eigenvalue weighted by Gasteiger charge is -2.13. The highest BCUT2D eigenvalue weighted by molar-refractivity contribution is 7.17. The number of pyridine rings is 2. The molecule has 0 fully saturated rings. The van der Waals surface area contributed by atoms with Gasteiger partial charge < -0.3 is 14.2 Å². The van der Waals surface area contributed by atoms with E-state index in [1.807, 2.05) is 55.5 Å². The van der Waals surface area contributed by atoms with E-state index in [1.54, 1.807) is 20.4 Å². The van der Waals surface area contributed by atoms with Gasteiger partial charge in [0.25, 0.3) is 11.1 Å². The number of hydrogen-bond donors (Lipinski definition) is 1. The number of ether oxygens (including phenoxy) is 3. The summed E-state index contributed by atoms with van der Waals surface area (Å²) >= 11 is 1.13. The predicted molar refractivity (Wildman–Crippen MR) is 128 cm³/mol. The molecule has 0 radical (unpaired) electrons. The Balaban J connectivity index is 1.48. The SMILES string of the molecule is COCc1cccc(COc2nnc(NC(=O)c3cnc(C)cc3-c3ccccc3OC)s2)n1. The fourth-order valence-electron chi connectivity index (χ4n) is 3.29. The molecule has 1 amide bonds. The van der Waals surface area contributed by atoms with Crippen LogP contribution in [-0.4, -0.2) is 40.3 Å². The van der Waals surface area contributed by atoms with Crippen molar-refractivity contribution >= 4 is 22.4 Å². The molecule has 4 aromatic rings. The zero-order valence-corrected chi connectivity index (χ0v) is 19.8. The van der Waals surface area contributed by atoms with Crippen molar-refractivity contribution in [3.05, 3.63) is 77.4 Å². The number of carbonyl (C=O) groups is 1. The van der Waals surface area contributed by atoms with Crippen molar-refractivity contribution in [2.45, 2.75) is 20.1 Å². The summed E-state index contributed by atoms with van der Waals surface area (Å²) in [7, 11) is 3.21. The number of hydrogen-bond acceptors (Lipinski definition) is 9. The molecule has 10 heteroatoms. The summed E-state index contributed by atoms with van der Waals surface area (Å²) in [6.07, 6.45) is 1.55. The van der Waals surface area contributed by atoms with E-state index in [9.17, 15) is 4.79 Å². The topological polar surface area (TPSA) is 108 Å². The van der Waals surface area contributed by atoms with E-state index in [0.29, 0.717) is 33.8 Å². The van der Waals surface area contributed by atoms with Crippen molar-refractivity contribution in [3.63, 3.8) is 0 Å². The Bertz CT molecular complexity index is 1290. The van der Waals surface area contributed by atoms with Gasteiger partial charge in [-0.25, -0.2) is 0 Å². The largest absolute Gasteiger partial charge is 0.496 e. The van der Waals surface area contributed by atoms with Gasteiger partial charge in [-0.2, -0.15) is 0 Å². The Morgan fingerprint density at radius 3 is 2.59 bits per heavy atom. The van der Waals surface area contributed by atoms with Crippen LogP contribution in [0.4, 0.5) is 5.13 Å². The monoisotopic (exact) mass is 477 g/mol. The second kappa shape index (κ2) is 10.8. The molecule has 0 spiro atoms. The summed E-state index contributed by atoms with van der Waals surface area (Å²) in [6, 6.07) is 15.0. The molecule has 3 aromatic heterocycles. The first-order valence-electron chi connectivity index (χ1n) is 10.4. The molecular formula is C24H23N5O4S. The van der Waals surface area contributed by atoms with Crippen LogP contribution in [-0.2, 0) is 18.0 Å². The first-order chi connectivity index (χ1) is 16.6. The predicted octanol–water partition coefficient (Wildman–Crippen LogP) is 4.29. The van der Waals surface area contributed by atoms with Gasteiger partial charge in [-0.05, 0) is 42.5 Å². The van der Waals surface area contributed by atoms with E-state index in [2.05, 4.69) is 25.5 Å². The molecule has 0 saturated carbocycles. The fourth-order valence-corrected chi connectivity index (χ4v) is 3.88. The van der Waals surface area contributed by atoms with Crippen molar-refractivity contribution < 1.29 is 19.0 Å². The average molecular weight is 478 g/mol. The molecule has 0 aliphatic rings. The highest BCUT2D eigenvalue weighted by Gasteiger charge is 2.18. The molecular weight excluding hydrogens is 454 g/mol. The lowest BCUT2D eigenvalue weighted by molar-refractivity contribution is 0.102. The molecule has 1 aromatic carbocycles. The van der Waals surface area contributed by atoms with Crippen LogP contribution in [0.1, 0.15) is 27.4 Å². The zero-order valence-electron chi connectivity index (χ0n) is 18.9. The van der Waals surface area contributed by atoms with Crippen LogP contribution >= 0.6 is 11.3 Å². The van der Waals surface area contributed by atoms with Gasteiger partial charge in [0, 0.05) is 30.1 Å². The van der Waals surface area contributed by atoms with Gasteiger partial charge in [0.2, 0.25) is 5.13 Å². The Hall–Kier alpha value is -3.89. The Morgan fingerprint density at radius 1 is 1.00 bits per heavy atom. The Kier molecular flexibility index (Phi) is 7.41. The number of benzene rings is 1. The van der Waals surface area contributed by atoms with Gasteiger partial charge in [-0.1, -0.05) is 29.4 Å². The third kappa shape index (κ3) is 5.53. The van der Waals surface area contributed by atoms with E-state index in [4.69, 9.17) is 14.2 Å². The highest BCUT2D eigenvalue weighted by Crippen LogP contribution is 2.33. The van der Waals surface area contributed by atoms with E-state index >= 15 is 0 Å². The average Bonchev–Trinajstić information content (AvgIpc) is 3.30. The van der Waals surface area contributed by atoms with E-state index in [-0.39, 0.29) is 12.5 Å². The first kappa shape index (κ1) is 23.3. The van der Waals surface area contributed by atoms with Gasteiger partial charge in [-0.15, -0.1) is 5.10 Å². The van der Waals surface area contributed by atoms with Crippen LogP contribution in [0.5, 0.6) is 10.9 Å². The number of aromatic nitrogens is 4. The van der Waals surface area contributed by atoms with Crippen molar-refractivity contribution in [3.8, 4) is 22.1 Å². The normalized spacial score (nSPS) is 10.7. The van der Waals surface area contributed by atoms with Gasteiger partial charge in [0.15, 0.2) is 0 Å². The molecule has 0 unspecified atom stereocenters. The quantitative estimate of drug-likeness (QED) is 0.380. The maximum atomic E-state index is 13.1. The number of nitrogens with one attached hydrogen (secondary N) is 1. The lowest BCUT2D eigenvalue weighted by atomic mass is 9.99. The minimum atomic E-state index is -0.356. The minimum Gasteiger partial charge on any atom is -0.496 e. The van der Waals surface area contributed by atoms with Gasteiger partial charge in [0.1, 0.15) is 12.4 Å². The van der Waals surface area contributed by atoms with E-state index in [0.717, 1.165) is 34.0 Å². The molecule has 34 heavy (non-hydrogen) atoms. The molecule has 4 rings (SSSR count). The van der Waals surface area contributed by atoms with Gasteiger partial charge >= 0.3 is 0 Å². The second-order valence-corrected chi connectivity index (χ2v) is 8.18. The maximum absolute atomic E-state index is 13.1. The van der Waals surface area contributed by atoms with Crippen LogP contribution < -0.4 is 14.8 Å². The molecule has 174 valence electrons. The number of aryl methyl sites for hydroxylation is 1. The second-order valence-electron chi connectivity index (χ2n) is 7.24. The number of amides is 1. The Morgan fingerprint density at radius 2 is 1.79 bits per heavy atom. The molecule has 1 N–H and O–H groups in total. The van der Waals surface area contributed by atoms with Crippen molar-refractivity contribution in [1.29, 1.82) is 0 Å². The number of anilines is 1. The summed E-state index contributed by atoms with van der Waals surface area (Å²) in [5.74, 6) is 0.307. The van der Waals surface area contributed by atoms with E-state index < -0.39 is 0 Å². The molecule has 0 aliphatic heterocycles. The summed E-state index contributed by atoms with van der Waals surface area (Å²) in [6.45, 7) is 2.52. The summed E-state index contributed by atoms with van der Waals surface area (Å²) in [4.78, 5) is 21.8. The van der Waals surface area contributed by atoms with Crippen LogP contribution in [0.3, 0.4) is 0 Å². The van der Waals surface area contributed by atoms with Crippen molar-refractivity contribution in [1.82, 2.24) is 20.2 Å². The standard InChI is InChI=1S/C24H23N5O4S/c1-15-11-19(18-9-4-5-10-21(18)32-3)20(12-25-15)22(30)27-23-28-29-24(34-23)33-14-17-8-6-7-16(26-17)13-31-2/h4-12H,13-14H2,1-3H3,(H,27,28,30). The van der Waals surface area contributed by atoms with Gasteiger partial charge in [0.05, 0.1) is 30.7 Å². The number of nitrogens with zero attached hydrogens (tertiary/aromatic N) is 4. The molecule has 0 aliphatic carbocycles. The molecule has 3 heterocycles. The molecule has 0 bridgehead atoms. The summed E-state index contributed by atoms with van der Waals surface area (Å²) in [5.41, 5.74) is 4.24. The molecule has 0 saturated heterocycles. The van der Waals surface area contributed by atoms with Crippen molar-refractivity contribution in [2.75, 3.05) is 19.5 Å². The number of rotatable bonds is 9. The van der Waals surface area contributed by atoms with Crippen LogP contribution in [0.2, 0.25) is 0 Å². The van der Waals surface area contributed by atoms with Crippen molar-refractivity contribution in [2.24, 2.45) is 0 Å². The van der Waals surface area contributed by atoms with Gasteiger partial charge in [-0.3, -0.25) is 20.1 Å². The lowest BCUT2D eigenvalue weighted by Crippen LogP contribution is -2.14. The smallest absolute Gasteiger partial charge is 0.296 e. The minimum absolute atomic E-state index is 0.222. The number of para-hydroxylation sites is 1. The Labute approximate surface area is 200 Å². The van der Waals surface area contributed by atoms with Crippen LogP contribution in [0, 0.1) is 6.92 Å². The fraction of sp³-hybridized carbons (Fsp3) is 0.208. The maximum Gasteiger partial charge on any atom is 0.296 e. The third-order valence-electron chi connectivity index (χ3n) is 4.81. The summed E-state index contributed by atoms with van der Waals surface area (Å²) < 4.78 is 16.3. The van der Waals surface area contributed by atoms with E-state index in [1.165, 1.54) is 0 Å². The molecule has 0 atom stereocenters.